The number of ether oxygens (including phenoxy) is 3. The quantitative estimate of drug-likeness (QED) is 0.360. The number of pyridine rings is 1. The Morgan fingerprint density at radius 1 is 1.14 bits per heavy atom. The van der Waals surface area contributed by atoms with Gasteiger partial charge in [-0.3, -0.25) is 9.78 Å². The number of rotatable bonds is 6. The number of nitrogens with zero attached hydrogens (tertiary/aromatic N) is 2. The minimum atomic E-state index is -0.372. The van der Waals surface area contributed by atoms with Gasteiger partial charge in [-0.25, -0.2) is 0 Å². The SMILES string of the molecule is N#C/C(=C\c1ccc(OCc2cccnc2)cc1)C(=O)c1ccc2c(c1)OCO2. The fourth-order valence-electron chi connectivity index (χ4n) is 2.82. The van der Waals surface area contributed by atoms with Gasteiger partial charge >= 0.3 is 0 Å². The Morgan fingerprint density at radius 2 is 1.97 bits per heavy atom. The zero-order valence-electron chi connectivity index (χ0n) is 15.4. The van der Waals surface area contributed by atoms with E-state index in [1.54, 1.807) is 60.9 Å². The lowest BCUT2D eigenvalue weighted by atomic mass is 10.0. The van der Waals surface area contributed by atoms with E-state index in [1.807, 2.05) is 18.2 Å². The maximum absolute atomic E-state index is 12.7. The van der Waals surface area contributed by atoms with Crippen LogP contribution in [0.2, 0.25) is 0 Å². The van der Waals surface area contributed by atoms with Crippen LogP contribution in [0, 0.1) is 11.3 Å². The van der Waals surface area contributed by atoms with Crippen molar-refractivity contribution in [2.75, 3.05) is 6.79 Å². The molecule has 1 aliphatic heterocycles. The van der Waals surface area contributed by atoms with Gasteiger partial charge in [0.1, 0.15) is 24.0 Å². The van der Waals surface area contributed by atoms with Gasteiger partial charge in [-0.15, -0.1) is 0 Å². The minimum absolute atomic E-state index is 0.0351. The first-order chi connectivity index (χ1) is 14.2. The highest BCUT2D eigenvalue weighted by atomic mass is 16.7. The predicted molar refractivity (Wildman–Crippen MR) is 105 cm³/mol. The molecule has 0 aliphatic carbocycles. The summed E-state index contributed by atoms with van der Waals surface area (Å²) >= 11 is 0. The molecule has 4 rings (SSSR count). The molecule has 0 bridgehead atoms. The first-order valence-electron chi connectivity index (χ1n) is 8.91. The van der Waals surface area contributed by atoms with Crippen LogP contribution in [-0.2, 0) is 6.61 Å². The summed E-state index contributed by atoms with van der Waals surface area (Å²) < 4.78 is 16.3. The van der Waals surface area contributed by atoms with Crippen LogP contribution >= 0.6 is 0 Å². The van der Waals surface area contributed by atoms with Crippen molar-refractivity contribution in [3.05, 3.63) is 89.3 Å². The maximum Gasteiger partial charge on any atom is 0.231 e. The van der Waals surface area contributed by atoms with Crippen LogP contribution in [0.3, 0.4) is 0 Å². The molecule has 1 aliphatic rings. The molecule has 0 N–H and O–H groups in total. The summed E-state index contributed by atoms with van der Waals surface area (Å²) in [5.74, 6) is 1.41. The number of carbonyl (C=O) groups excluding carboxylic acids is 1. The summed E-state index contributed by atoms with van der Waals surface area (Å²) in [4.78, 5) is 16.7. The number of benzene rings is 2. The Hall–Kier alpha value is -4.11. The summed E-state index contributed by atoms with van der Waals surface area (Å²) in [5, 5.41) is 9.45. The Morgan fingerprint density at radius 3 is 2.72 bits per heavy atom. The third-order valence-corrected chi connectivity index (χ3v) is 4.32. The van der Waals surface area contributed by atoms with Gasteiger partial charge in [-0.1, -0.05) is 18.2 Å². The Labute approximate surface area is 167 Å². The third kappa shape index (κ3) is 4.25. The lowest BCUT2D eigenvalue weighted by Crippen LogP contribution is -2.02. The number of allylic oxidation sites excluding steroid dienone is 1. The van der Waals surface area contributed by atoms with Crippen molar-refractivity contribution in [1.29, 1.82) is 5.26 Å². The molecular weight excluding hydrogens is 368 g/mol. The van der Waals surface area contributed by atoms with Gasteiger partial charge in [0.2, 0.25) is 12.6 Å². The van der Waals surface area contributed by atoms with E-state index in [9.17, 15) is 10.1 Å². The molecule has 3 aromatic rings. The topological polar surface area (TPSA) is 81.4 Å². The molecule has 6 heteroatoms. The molecule has 0 unspecified atom stereocenters. The molecule has 0 saturated heterocycles. The number of Topliss-reactive ketones (excluding diaryl/α,β-unsaturated/α-hetero) is 1. The number of carbonyl (C=O) groups is 1. The smallest absolute Gasteiger partial charge is 0.231 e. The van der Waals surface area contributed by atoms with Crippen LogP contribution in [0.15, 0.2) is 72.6 Å². The highest BCUT2D eigenvalue weighted by molar-refractivity contribution is 6.14. The zero-order chi connectivity index (χ0) is 20.1. The normalized spacial score (nSPS) is 12.3. The van der Waals surface area contributed by atoms with Crippen molar-refractivity contribution in [3.8, 4) is 23.3 Å². The summed E-state index contributed by atoms with van der Waals surface area (Å²) in [6, 6.07) is 17.8. The molecule has 29 heavy (non-hydrogen) atoms. The standard InChI is InChI=1S/C23H16N2O4/c24-12-19(23(26)18-5-8-21-22(11-18)29-15-28-21)10-16-3-6-20(7-4-16)27-14-17-2-1-9-25-13-17/h1-11,13H,14-15H2/b19-10+. The van der Waals surface area contributed by atoms with E-state index in [0.29, 0.717) is 29.4 Å². The van der Waals surface area contributed by atoms with Gasteiger partial charge < -0.3 is 14.2 Å². The lowest BCUT2D eigenvalue weighted by molar-refractivity contribution is 0.103. The Bertz CT molecular complexity index is 1100. The van der Waals surface area contributed by atoms with Gasteiger partial charge in [0.05, 0.1) is 0 Å². The maximum atomic E-state index is 12.7. The van der Waals surface area contributed by atoms with Crippen molar-refractivity contribution >= 4 is 11.9 Å². The van der Waals surface area contributed by atoms with Crippen LogP contribution < -0.4 is 14.2 Å². The predicted octanol–water partition coefficient (Wildman–Crippen LogP) is 4.18. The highest BCUT2D eigenvalue weighted by Crippen LogP contribution is 2.33. The average Bonchev–Trinajstić information content (AvgIpc) is 3.25. The third-order valence-electron chi connectivity index (χ3n) is 4.32. The first-order valence-corrected chi connectivity index (χ1v) is 8.91. The van der Waals surface area contributed by atoms with Gasteiger partial charge in [-0.05, 0) is 48.0 Å². The van der Waals surface area contributed by atoms with Crippen molar-refractivity contribution < 1.29 is 19.0 Å². The van der Waals surface area contributed by atoms with E-state index in [-0.39, 0.29) is 18.1 Å². The number of hydrogen-bond acceptors (Lipinski definition) is 6. The van der Waals surface area contributed by atoms with Crippen LogP contribution in [0.5, 0.6) is 17.2 Å². The number of fused-ring (bicyclic) bond motifs is 1. The van der Waals surface area contributed by atoms with Crippen molar-refractivity contribution in [2.45, 2.75) is 6.61 Å². The largest absolute Gasteiger partial charge is 0.489 e. The zero-order valence-corrected chi connectivity index (χ0v) is 15.4. The molecule has 0 amide bonds. The summed E-state index contributed by atoms with van der Waals surface area (Å²) in [5.41, 5.74) is 2.10. The van der Waals surface area contributed by atoms with E-state index in [0.717, 1.165) is 11.1 Å². The second-order valence-electron chi connectivity index (χ2n) is 6.29. The fourth-order valence-corrected chi connectivity index (χ4v) is 2.82. The molecule has 0 radical (unpaired) electrons. The molecule has 142 valence electrons. The molecule has 1 aromatic heterocycles. The second kappa shape index (κ2) is 8.28. The first kappa shape index (κ1) is 18.3. The molecule has 2 heterocycles. The van der Waals surface area contributed by atoms with E-state index in [4.69, 9.17) is 14.2 Å². The van der Waals surface area contributed by atoms with Crippen molar-refractivity contribution in [2.24, 2.45) is 0 Å². The van der Waals surface area contributed by atoms with Gasteiger partial charge in [0.15, 0.2) is 11.5 Å². The number of ketones is 1. The Kier molecular flexibility index (Phi) is 5.21. The molecular formula is C23H16N2O4. The monoisotopic (exact) mass is 384 g/mol. The average molecular weight is 384 g/mol. The molecule has 6 nitrogen and oxygen atoms in total. The number of nitriles is 1. The van der Waals surface area contributed by atoms with Crippen molar-refractivity contribution in [3.63, 3.8) is 0 Å². The molecule has 0 fully saturated rings. The number of hydrogen-bond donors (Lipinski definition) is 0. The van der Waals surface area contributed by atoms with Crippen LogP contribution in [0.1, 0.15) is 21.5 Å². The van der Waals surface area contributed by atoms with Crippen LogP contribution in [-0.4, -0.2) is 17.6 Å². The molecule has 2 aromatic carbocycles. The summed E-state index contributed by atoms with van der Waals surface area (Å²) in [7, 11) is 0. The highest BCUT2D eigenvalue weighted by Gasteiger charge is 2.18. The van der Waals surface area contributed by atoms with Gasteiger partial charge in [-0.2, -0.15) is 5.26 Å². The van der Waals surface area contributed by atoms with Gasteiger partial charge in [0.25, 0.3) is 0 Å². The van der Waals surface area contributed by atoms with E-state index in [2.05, 4.69) is 4.98 Å². The minimum Gasteiger partial charge on any atom is -0.489 e. The fraction of sp³-hybridized carbons (Fsp3) is 0.0870. The van der Waals surface area contributed by atoms with E-state index >= 15 is 0 Å². The molecule has 0 saturated carbocycles. The Balaban J connectivity index is 1.47. The summed E-state index contributed by atoms with van der Waals surface area (Å²) in [6.45, 7) is 0.540. The van der Waals surface area contributed by atoms with E-state index < -0.39 is 0 Å². The summed E-state index contributed by atoms with van der Waals surface area (Å²) in [6.07, 6.45) is 5.01. The van der Waals surface area contributed by atoms with Crippen LogP contribution in [0.25, 0.3) is 6.08 Å². The van der Waals surface area contributed by atoms with Crippen molar-refractivity contribution in [1.82, 2.24) is 4.98 Å². The van der Waals surface area contributed by atoms with E-state index in [1.165, 1.54) is 0 Å². The number of aromatic nitrogens is 1. The van der Waals surface area contributed by atoms with Crippen LogP contribution in [0.4, 0.5) is 0 Å². The molecule has 0 spiro atoms. The van der Waals surface area contributed by atoms with Gasteiger partial charge in [0, 0.05) is 23.5 Å². The second-order valence-corrected chi connectivity index (χ2v) is 6.29. The lowest BCUT2D eigenvalue weighted by Gasteiger charge is -2.06. The molecule has 0 atom stereocenters.